The van der Waals surface area contributed by atoms with E-state index in [1.165, 1.54) is 28.6 Å². The number of piperazine rings is 1. The first kappa shape index (κ1) is 23.6. The van der Waals surface area contributed by atoms with E-state index in [-0.39, 0.29) is 35.5 Å². The molecule has 0 aromatic heterocycles. The van der Waals surface area contributed by atoms with E-state index in [2.05, 4.69) is 5.32 Å². The van der Waals surface area contributed by atoms with Gasteiger partial charge in [-0.05, 0) is 31.2 Å². The number of likely N-dealkylation sites (N-methyl/N-ethyl adjacent to an activating group) is 1. The number of hydrogen-bond donors (Lipinski definition) is 1. The van der Waals surface area contributed by atoms with Gasteiger partial charge in [-0.15, -0.1) is 0 Å². The second-order valence-electron chi connectivity index (χ2n) is 6.69. The fourth-order valence-electron chi connectivity index (χ4n) is 2.87. The molecule has 164 valence electrons. The number of hydrogen-bond acceptors (Lipinski definition) is 7. The van der Waals surface area contributed by atoms with E-state index >= 15 is 0 Å². The molecule has 1 saturated heterocycles. The number of carbonyl (C=O) groups is 1. The van der Waals surface area contributed by atoms with Crippen LogP contribution in [-0.2, 0) is 24.7 Å². The maximum absolute atomic E-state index is 12.8. The predicted octanol–water partition coefficient (Wildman–Crippen LogP) is -0.0575. The molecule has 1 aromatic rings. The van der Waals surface area contributed by atoms with Gasteiger partial charge in [-0.1, -0.05) is 6.92 Å². The Bertz CT molecular complexity index is 877. The number of benzene rings is 1. The number of ether oxygens (including phenoxy) is 1. The van der Waals surface area contributed by atoms with Gasteiger partial charge in [0.15, 0.2) is 9.84 Å². The minimum absolute atomic E-state index is 0.0236. The average molecular weight is 448 g/mol. The number of rotatable bonds is 10. The molecule has 0 radical (unpaired) electrons. The van der Waals surface area contributed by atoms with Crippen molar-refractivity contribution in [1.29, 1.82) is 0 Å². The highest BCUT2D eigenvalue weighted by Crippen LogP contribution is 2.21. The molecule has 1 heterocycles. The zero-order valence-corrected chi connectivity index (χ0v) is 18.5. The van der Waals surface area contributed by atoms with Crippen LogP contribution in [0.1, 0.15) is 13.8 Å². The van der Waals surface area contributed by atoms with Gasteiger partial charge >= 0.3 is 0 Å². The van der Waals surface area contributed by atoms with Crippen molar-refractivity contribution < 1.29 is 26.4 Å². The molecule has 0 atom stereocenters. The van der Waals surface area contributed by atoms with Crippen LogP contribution in [0.2, 0.25) is 0 Å². The lowest BCUT2D eigenvalue weighted by Gasteiger charge is -2.33. The third-order valence-electron chi connectivity index (χ3n) is 4.64. The number of carbonyl (C=O) groups excluding carboxylic acids is 1. The lowest BCUT2D eigenvalue weighted by Crippen LogP contribution is -2.51. The second-order valence-corrected chi connectivity index (χ2v) is 11.1. The largest absolute Gasteiger partial charge is 0.493 e. The van der Waals surface area contributed by atoms with Crippen LogP contribution in [0, 0.1) is 0 Å². The van der Waals surface area contributed by atoms with Crippen molar-refractivity contribution in [1.82, 2.24) is 14.5 Å². The first-order chi connectivity index (χ1) is 13.7. The number of sulfonamides is 1. The van der Waals surface area contributed by atoms with Crippen LogP contribution in [-0.4, -0.2) is 89.3 Å². The number of sulfone groups is 1. The molecule has 1 aromatic carbocycles. The van der Waals surface area contributed by atoms with Crippen LogP contribution >= 0.6 is 0 Å². The smallest absolute Gasteiger partial charge is 0.243 e. The summed E-state index contributed by atoms with van der Waals surface area (Å²) in [6, 6.07) is 5.97. The van der Waals surface area contributed by atoms with Gasteiger partial charge in [0.25, 0.3) is 0 Å². The fourth-order valence-corrected chi connectivity index (χ4v) is 4.92. The number of nitrogens with one attached hydrogen (secondary N) is 1. The van der Waals surface area contributed by atoms with Crippen LogP contribution in [0.25, 0.3) is 0 Å². The van der Waals surface area contributed by atoms with Crippen LogP contribution in [0.5, 0.6) is 5.75 Å². The fraction of sp³-hybridized carbons (Fsp3) is 0.611. The third kappa shape index (κ3) is 6.95. The number of nitrogens with zero attached hydrogens (tertiary/aromatic N) is 2. The highest BCUT2D eigenvalue weighted by atomic mass is 32.2. The molecule has 11 heteroatoms. The van der Waals surface area contributed by atoms with E-state index in [9.17, 15) is 21.6 Å². The van der Waals surface area contributed by atoms with Crippen molar-refractivity contribution in [3.8, 4) is 5.75 Å². The SMILES string of the molecule is CCNC(=O)CN1CCN(S(=O)(=O)c2ccc(OCCS(=O)(=O)CC)cc2)CC1. The minimum atomic E-state index is -3.63. The molecular weight excluding hydrogens is 418 g/mol. The summed E-state index contributed by atoms with van der Waals surface area (Å²) in [7, 11) is -6.74. The highest BCUT2D eigenvalue weighted by Gasteiger charge is 2.29. The van der Waals surface area contributed by atoms with E-state index < -0.39 is 19.9 Å². The van der Waals surface area contributed by atoms with E-state index in [0.717, 1.165) is 0 Å². The zero-order valence-electron chi connectivity index (χ0n) is 16.8. The Hall–Kier alpha value is -1.69. The molecule has 1 amide bonds. The Balaban J connectivity index is 1.90. The quantitative estimate of drug-likeness (QED) is 0.535. The van der Waals surface area contributed by atoms with Crippen LogP contribution in [0.15, 0.2) is 29.2 Å². The average Bonchev–Trinajstić information content (AvgIpc) is 2.69. The summed E-state index contributed by atoms with van der Waals surface area (Å²) < 4.78 is 55.4. The molecule has 0 bridgehead atoms. The molecule has 0 aliphatic carbocycles. The lowest BCUT2D eigenvalue weighted by atomic mass is 10.3. The molecule has 9 nitrogen and oxygen atoms in total. The molecular formula is C18H29N3O6S2. The Morgan fingerprint density at radius 1 is 1.03 bits per heavy atom. The summed E-state index contributed by atoms with van der Waals surface area (Å²) in [5.41, 5.74) is 0. The summed E-state index contributed by atoms with van der Waals surface area (Å²) in [4.78, 5) is 13.7. The van der Waals surface area contributed by atoms with Crippen LogP contribution < -0.4 is 10.1 Å². The summed E-state index contributed by atoms with van der Waals surface area (Å²) >= 11 is 0. The topological polar surface area (TPSA) is 113 Å². The normalized spacial score (nSPS) is 16.5. The predicted molar refractivity (Wildman–Crippen MR) is 110 cm³/mol. The Morgan fingerprint density at radius 2 is 1.66 bits per heavy atom. The maximum atomic E-state index is 12.8. The van der Waals surface area contributed by atoms with Gasteiger partial charge in [0.1, 0.15) is 12.4 Å². The molecule has 29 heavy (non-hydrogen) atoms. The van der Waals surface area contributed by atoms with Gasteiger partial charge in [-0.3, -0.25) is 9.69 Å². The Kier molecular flexibility index (Phi) is 8.44. The Morgan fingerprint density at radius 3 is 2.21 bits per heavy atom. The summed E-state index contributed by atoms with van der Waals surface area (Å²) in [6.07, 6.45) is 0. The zero-order chi connectivity index (χ0) is 21.5. The van der Waals surface area contributed by atoms with Gasteiger partial charge in [-0.2, -0.15) is 4.31 Å². The van der Waals surface area contributed by atoms with E-state index in [1.807, 2.05) is 11.8 Å². The highest BCUT2D eigenvalue weighted by molar-refractivity contribution is 7.91. The van der Waals surface area contributed by atoms with Crippen LogP contribution in [0.4, 0.5) is 0 Å². The van der Waals surface area contributed by atoms with Gasteiger partial charge in [-0.25, -0.2) is 16.8 Å². The van der Waals surface area contributed by atoms with Crippen molar-refractivity contribution in [2.24, 2.45) is 0 Å². The maximum Gasteiger partial charge on any atom is 0.243 e. The van der Waals surface area contributed by atoms with E-state index in [1.54, 1.807) is 6.92 Å². The van der Waals surface area contributed by atoms with Gasteiger partial charge in [0, 0.05) is 38.5 Å². The van der Waals surface area contributed by atoms with Crippen molar-refractivity contribution in [2.75, 3.05) is 57.4 Å². The first-order valence-corrected chi connectivity index (χ1v) is 12.9. The van der Waals surface area contributed by atoms with E-state index in [0.29, 0.717) is 38.5 Å². The monoisotopic (exact) mass is 447 g/mol. The first-order valence-electron chi connectivity index (χ1n) is 9.60. The second kappa shape index (κ2) is 10.4. The minimum Gasteiger partial charge on any atom is -0.493 e. The molecule has 0 spiro atoms. The third-order valence-corrected chi connectivity index (χ3v) is 8.22. The van der Waals surface area contributed by atoms with Crippen molar-refractivity contribution in [2.45, 2.75) is 18.7 Å². The number of amides is 1. The standard InChI is InChI=1S/C18H29N3O6S2/c1-3-19-18(22)15-20-9-11-21(12-10-20)29(25,26)17-7-5-16(6-8-17)27-13-14-28(23,24)4-2/h5-8H,3-4,9-15H2,1-2H3,(H,19,22). The Labute approximate surface area is 173 Å². The van der Waals surface area contributed by atoms with Crippen molar-refractivity contribution in [3.05, 3.63) is 24.3 Å². The summed E-state index contributed by atoms with van der Waals surface area (Å²) in [5.74, 6) is 0.335. The van der Waals surface area contributed by atoms with Gasteiger partial charge < -0.3 is 10.1 Å². The molecule has 1 N–H and O–H groups in total. The molecule has 1 aliphatic heterocycles. The summed E-state index contributed by atoms with van der Waals surface area (Å²) in [6.45, 7) is 5.90. The van der Waals surface area contributed by atoms with Crippen LogP contribution in [0.3, 0.4) is 0 Å². The summed E-state index contributed by atoms with van der Waals surface area (Å²) in [5, 5.41) is 2.73. The molecule has 1 fully saturated rings. The van der Waals surface area contributed by atoms with Crippen molar-refractivity contribution >= 4 is 25.8 Å². The van der Waals surface area contributed by atoms with Gasteiger partial charge in [0.05, 0.1) is 17.2 Å². The van der Waals surface area contributed by atoms with Crippen molar-refractivity contribution in [3.63, 3.8) is 0 Å². The molecule has 0 saturated carbocycles. The molecule has 2 rings (SSSR count). The van der Waals surface area contributed by atoms with E-state index in [4.69, 9.17) is 4.74 Å². The molecule has 0 unspecified atom stereocenters. The van der Waals surface area contributed by atoms with Gasteiger partial charge in [0.2, 0.25) is 15.9 Å². The molecule has 1 aliphatic rings. The lowest BCUT2D eigenvalue weighted by molar-refractivity contribution is -0.122.